The maximum absolute atomic E-state index is 12.2. The van der Waals surface area contributed by atoms with Gasteiger partial charge in [0.1, 0.15) is 0 Å². The third-order valence-electron chi connectivity index (χ3n) is 3.00. The van der Waals surface area contributed by atoms with Gasteiger partial charge in [0.25, 0.3) is 0 Å². The minimum Gasteiger partial charge on any atom is -0.317 e. The van der Waals surface area contributed by atoms with Crippen molar-refractivity contribution in [2.24, 2.45) is 0 Å². The predicted molar refractivity (Wildman–Crippen MR) is 84.8 cm³/mol. The largest absolute Gasteiger partial charge is 0.317 e. The van der Waals surface area contributed by atoms with E-state index in [9.17, 15) is 8.42 Å². The molecule has 0 spiro atoms. The van der Waals surface area contributed by atoms with Gasteiger partial charge in [0, 0.05) is 5.38 Å². The van der Waals surface area contributed by atoms with Crippen LogP contribution < -0.4 is 10.0 Å². The van der Waals surface area contributed by atoms with Crippen molar-refractivity contribution in [2.75, 3.05) is 13.1 Å². The first-order valence-corrected chi connectivity index (χ1v) is 9.21. The van der Waals surface area contributed by atoms with Gasteiger partial charge in [-0.15, -0.1) is 11.3 Å². The molecule has 1 aromatic heterocycles. The Labute approximate surface area is 129 Å². The highest BCUT2D eigenvalue weighted by Crippen LogP contribution is 2.12. The number of rotatable bonds is 8. The molecule has 0 amide bonds. The summed E-state index contributed by atoms with van der Waals surface area (Å²) >= 11 is 1.45. The van der Waals surface area contributed by atoms with Crippen LogP contribution in [0.1, 0.15) is 18.2 Å². The average molecular weight is 325 g/mol. The first-order valence-electron chi connectivity index (χ1n) is 6.78. The van der Waals surface area contributed by atoms with Crippen molar-refractivity contribution in [3.05, 3.63) is 46.4 Å². The Bertz CT molecular complexity index is 637. The van der Waals surface area contributed by atoms with Gasteiger partial charge in [-0.1, -0.05) is 19.1 Å². The monoisotopic (exact) mass is 325 g/mol. The van der Waals surface area contributed by atoms with Gasteiger partial charge in [-0.2, -0.15) is 0 Å². The Balaban J connectivity index is 1.96. The average Bonchev–Trinajstić information content (AvgIpc) is 3.00. The molecule has 0 aliphatic rings. The van der Waals surface area contributed by atoms with E-state index in [4.69, 9.17) is 0 Å². The second-order valence-electron chi connectivity index (χ2n) is 4.55. The van der Waals surface area contributed by atoms with Crippen LogP contribution in [0.4, 0.5) is 0 Å². The van der Waals surface area contributed by atoms with E-state index >= 15 is 0 Å². The molecule has 0 atom stereocenters. The number of aromatic nitrogens is 1. The maximum atomic E-state index is 12.2. The molecule has 0 saturated heterocycles. The highest BCUT2D eigenvalue weighted by molar-refractivity contribution is 7.89. The zero-order valence-electron chi connectivity index (χ0n) is 11.9. The summed E-state index contributed by atoms with van der Waals surface area (Å²) in [5.74, 6) is 0. The molecule has 2 aromatic rings. The highest BCUT2D eigenvalue weighted by atomic mass is 32.2. The quantitative estimate of drug-likeness (QED) is 0.726. The first-order chi connectivity index (χ1) is 10.1. The van der Waals surface area contributed by atoms with Gasteiger partial charge < -0.3 is 5.32 Å². The van der Waals surface area contributed by atoms with Gasteiger partial charge in [0.15, 0.2) is 0 Å². The van der Waals surface area contributed by atoms with E-state index in [0.29, 0.717) is 0 Å². The van der Waals surface area contributed by atoms with Crippen LogP contribution in [0.2, 0.25) is 0 Å². The number of hydrogen-bond acceptors (Lipinski definition) is 5. The second kappa shape index (κ2) is 7.65. The molecule has 0 radical (unpaired) electrons. The van der Waals surface area contributed by atoms with Crippen molar-refractivity contribution in [2.45, 2.75) is 24.8 Å². The molecule has 21 heavy (non-hydrogen) atoms. The summed E-state index contributed by atoms with van der Waals surface area (Å²) in [7, 11) is -3.48. The normalized spacial score (nSPS) is 11.7. The first kappa shape index (κ1) is 16.1. The fourth-order valence-electron chi connectivity index (χ4n) is 1.82. The minimum absolute atomic E-state index is 0.216. The van der Waals surface area contributed by atoms with E-state index in [0.717, 1.165) is 30.8 Å². The molecule has 114 valence electrons. The van der Waals surface area contributed by atoms with Gasteiger partial charge in [0.2, 0.25) is 10.0 Å². The van der Waals surface area contributed by atoms with Gasteiger partial charge in [-0.3, -0.25) is 0 Å². The van der Waals surface area contributed by atoms with Crippen molar-refractivity contribution in [3.8, 4) is 0 Å². The standard InChI is InChI=1S/C14H19N3O2S2/c1-2-15-8-7-12-3-5-14(6-4-12)21(18,19)17-9-13-10-20-11-16-13/h3-6,10-11,15,17H,2,7-9H2,1H3. The smallest absolute Gasteiger partial charge is 0.240 e. The topological polar surface area (TPSA) is 71.1 Å². The second-order valence-corrected chi connectivity index (χ2v) is 7.04. The minimum atomic E-state index is -3.48. The molecule has 5 nitrogen and oxygen atoms in total. The molecule has 0 saturated carbocycles. The third kappa shape index (κ3) is 4.89. The van der Waals surface area contributed by atoms with E-state index in [2.05, 4.69) is 21.9 Å². The Morgan fingerprint density at radius 3 is 2.62 bits per heavy atom. The lowest BCUT2D eigenvalue weighted by molar-refractivity contribution is 0.580. The molecule has 0 aliphatic carbocycles. The number of likely N-dealkylation sites (N-methyl/N-ethyl adjacent to an activating group) is 1. The number of sulfonamides is 1. The molecule has 0 bridgehead atoms. The Kier molecular flexibility index (Phi) is 5.86. The zero-order chi connectivity index (χ0) is 15.1. The van der Waals surface area contributed by atoms with Crippen LogP contribution in [-0.4, -0.2) is 26.5 Å². The maximum Gasteiger partial charge on any atom is 0.240 e. The van der Waals surface area contributed by atoms with Crippen LogP contribution >= 0.6 is 11.3 Å². The molecule has 0 unspecified atom stereocenters. The van der Waals surface area contributed by atoms with Gasteiger partial charge in [-0.05, 0) is 37.2 Å². The SMILES string of the molecule is CCNCCc1ccc(S(=O)(=O)NCc2cscn2)cc1. The van der Waals surface area contributed by atoms with Crippen LogP contribution in [0.5, 0.6) is 0 Å². The lowest BCUT2D eigenvalue weighted by Crippen LogP contribution is -2.23. The van der Waals surface area contributed by atoms with E-state index in [1.54, 1.807) is 17.6 Å². The van der Waals surface area contributed by atoms with Crippen molar-refractivity contribution in [1.82, 2.24) is 15.0 Å². The summed E-state index contributed by atoms with van der Waals surface area (Å²) in [4.78, 5) is 4.34. The van der Waals surface area contributed by atoms with E-state index in [-0.39, 0.29) is 11.4 Å². The summed E-state index contributed by atoms with van der Waals surface area (Å²) in [6.07, 6.45) is 0.889. The van der Waals surface area contributed by atoms with Gasteiger partial charge in [0.05, 0.1) is 22.6 Å². The molecule has 7 heteroatoms. The van der Waals surface area contributed by atoms with Crippen LogP contribution in [0.3, 0.4) is 0 Å². The summed E-state index contributed by atoms with van der Waals surface area (Å²) in [6, 6.07) is 7.00. The predicted octanol–water partition coefficient (Wildman–Crippen LogP) is 1.77. The van der Waals surface area contributed by atoms with E-state index in [1.807, 2.05) is 17.5 Å². The Morgan fingerprint density at radius 2 is 2.00 bits per heavy atom. The number of benzene rings is 1. The van der Waals surface area contributed by atoms with Crippen LogP contribution in [-0.2, 0) is 23.0 Å². The fraction of sp³-hybridized carbons (Fsp3) is 0.357. The van der Waals surface area contributed by atoms with Gasteiger partial charge >= 0.3 is 0 Å². The summed E-state index contributed by atoms with van der Waals surface area (Å²) < 4.78 is 26.9. The lowest BCUT2D eigenvalue weighted by Gasteiger charge is -2.07. The lowest BCUT2D eigenvalue weighted by atomic mass is 10.1. The molecule has 0 fully saturated rings. The van der Waals surface area contributed by atoms with Crippen molar-refractivity contribution < 1.29 is 8.42 Å². The number of nitrogens with zero attached hydrogens (tertiary/aromatic N) is 1. The molecule has 2 N–H and O–H groups in total. The molecule has 1 heterocycles. The summed E-state index contributed by atoms with van der Waals surface area (Å²) in [5.41, 5.74) is 3.53. The van der Waals surface area contributed by atoms with Crippen LogP contribution in [0.15, 0.2) is 40.1 Å². The highest BCUT2D eigenvalue weighted by Gasteiger charge is 2.13. The van der Waals surface area contributed by atoms with Crippen LogP contribution in [0, 0.1) is 0 Å². The Morgan fingerprint density at radius 1 is 1.24 bits per heavy atom. The Hall–Kier alpha value is -1.28. The van der Waals surface area contributed by atoms with E-state index < -0.39 is 10.0 Å². The van der Waals surface area contributed by atoms with Crippen LogP contribution in [0.25, 0.3) is 0 Å². The number of nitrogens with one attached hydrogen (secondary N) is 2. The molecule has 2 rings (SSSR count). The number of thiazole rings is 1. The van der Waals surface area contributed by atoms with Gasteiger partial charge in [-0.25, -0.2) is 18.1 Å². The molecule has 1 aromatic carbocycles. The molecule has 0 aliphatic heterocycles. The molecular weight excluding hydrogens is 306 g/mol. The third-order valence-corrected chi connectivity index (χ3v) is 5.05. The van der Waals surface area contributed by atoms with Crippen molar-refractivity contribution >= 4 is 21.4 Å². The molecular formula is C14H19N3O2S2. The zero-order valence-corrected chi connectivity index (χ0v) is 13.5. The summed E-state index contributed by atoms with van der Waals surface area (Å²) in [5, 5.41) is 5.07. The summed E-state index contributed by atoms with van der Waals surface area (Å²) in [6.45, 7) is 4.11. The number of hydrogen-bond donors (Lipinski definition) is 2. The van der Waals surface area contributed by atoms with Crippen molar-refractivity contribution in [3.63, 3.8) is 0 Å². The van der Waals surface area contributed by atoms with E-state index in [1.165, 1.54) is 11.3 Å². The fourth-order valence-corrected chi connectivity index (χ4v) is 3.38. The van der Waals surface area contributed by atoms with Crippen molar-refractivity contribution in [1.29, 1.82) is 0 Å².